The largest absolute Gasteiger partial charge is 0.486 e. The third kappa shape index (κ3) is 5.53. The molecular weight excluding hydrogens is 473 g/mol. The van der Waals surface area contributed by atoms with Crippen LogP contribution in [0.4, 0.5) is 19.0 Å². The number of amides is 1. The lowest BCUT2D eigenvalue weighted by Crippen LogP contribution is -2.36. The van der Waals surface area contributed by atoms with Gasteiger partial charge in [0.1, 0.15) is 17.7 Å². The Morgan fingerprint density at radius 2 is 1.86 bits per heavy atom. The van der Waals surface area contributed by atoms with Gasteiger partial charge in [-0.25, -0.2) is 18.2 Å². The van der Waals surface area contributed by atoms with E-state index in [0.29, 0.717) is 60.8 Å². The van der Waals surface area contributed by atoms with Crippen molar-refractivity contribution < 1.29 is 27.4 Å². The summed E-state index contributed by atoms with van der Waals surface area (Å²) < 4.78 is 52.2. The summed E-state index contributed by atoms with van der Waals surface area (Å²) in [5.74, 6) is -3.98. The minimum Gasteiger partial charge on any atom is -0.486 e. The first-order chi connectivity index (χ1) is 17.3. The number of morpholine rings is 1. The molecule has 1 aliphatic rings. The van der Waals surface area contributed by atoms with Gasteiger partial charge in [0.05, 0.1) is 30.4 Å². The molecule has 1 amide bonds. The molecule has 10 heteroatoms. The molecule has 4 rings (SSSR count). The van der Waals surface area contributed by atoms with Crippen molar-refractivity contribution >= 4 is 22.8 Å². The van der Waals surface area contributed by atoms with Gasteiger partial charge in [0.25, 0.3) is 5.91 Å². The molecule has 1 aromatic heterocycles. The molecule has 3 aromatic rings. The van der Waals surface area contributed by atoms with Crippen molar-refractivity contribution in [3.8, 4) is 5.75 Å². The summed E-state index contributed by atoms with van der Waals surface area (Å²) in [7, 11) is 1.74. The predicted molar refractivity (Wildman–Crippen MR) is 130 cm³/mol. The van der Waals surface area contributed by atoms with Crippen molar-refractivity contribution in [3.63, 3.8) is 0 Å². The number of halogens is 3. The summed E-state index contributed by atoms with van der Waals surface area (Å²) in [6.45, 7) is 6.80. The van der Waals surface area contributed by atoms with E-state index in [-0.39, 0.29) is 11.7 Å². The maximum absolute atomic E-state index is 13.8. The van der Waals surface area contributed by atoms with Gasteiger partial charge in [-0.1, -0.05) is 13.3 Å². The molecule has 0 spiro atoms. The molecule has 1 aliphatic heterocycles. The van der Waals surface area contributed by atoms with Crippen LogP contribution in [0.15, 0.2) is 30.5 Å². The molecule has 1 fully saturated rings. The third-order valence-corrected chi connectivity index (χ3v) is 6.15. The molecule has 0 bridgehead atoms. The van der Waals surface area contributed by atoms with Crippen LogP contribution in [0, 0.1) is 17.5 Å². The van der Waals surface area contributed by atoms with Crippen LogP contribution in [0.5, 0.6) is 5.75 Å². The first-order valence-corrected chi connectivity index (χ1v) is 12.0. The maximum Gasteiger partial charge on any atom is 0.253 e. The van der Waals surface area contributed by atoms with Crippen LogP contribution < -0.4 is 9.64 Å². The Kier molecular flexibility index (Phi) is 7.93. The van der Waals surface area contributed by atoms with E-state index in [1.807, 2.05) is 11.8 Å². The summed E-state index contributed by atoms with van der Waals surface area (Å²) in [5.41, 5.74) is 1.91. The smallest absolute Gasteiger partial charge is 0.253 e. The monoisotopic (exact) mass is 502 g/mol. The first kappa shape index (κ1) is 25.7. The van der Waals surface area contributed by atoms with Gasteiger partial charge in [-0.3, -0.25) is 9.78 Å². The molecular formula is C26H29F3N4O3. The van der Waals surface area contributed by atoms with Crippen molar-refractivity contribution in [3.05, 3.63) is 59.0 Å². The van der Waals surface area contributed by atoms with E-state index in [4.69, 9.17) is 14.5 Å². The van der Waals surface area contributed by atoms with Crippen LogP contribution in [0.2, 0.25) is 0 Å². The molecule has 0 saturated carbocycles. The Balaban J connectivity index is 1.75. The molecule has 192 valence electrons. The van der Waals surface area contributed by atoms with Gasteiger partial charge in [-0.15, -0.1) is 0 Å². The number of aromatic nitrogens is 2. The maximum atomic E-state index is 13.8. The number of ether oxygens (including phenoxy) is 2. The molecule has 36 heavy (non-hydrogen) atoms. The number of carbonyl (C=O) groups is 1. The van der Waals surface area contributed by atoms with E-state index in [9.17, 15) is 18.0 Å². The zero-order chi connectivity index (χ0) is 25.8. The lowest BCUT2D eigenvalue weighted by molar-refractivity contribution is 0.0793. The summed E-state index contributed by atoms with van der Waals surface area (Å²) in [5, 5.41) is 0. The zero-order valence-electron chi connectivity index (χ0n) is 20.6. The number of carbonyl (C=O) groups excluding carboxylic acids is 1. The molecule has 0 aliphatic carbocycles. The Morgan fingerprint density at radius 1 is 1.17 bits per heavy atom. The lowest BCUT2D eigenvalue weighted by Gasteiger charge is -2.28. The fourth-order valence-electron chi connectivity index (χ4n) is 4.10. The standard InChI is InChI=1S/C26H29F3N4O3/c1-4-5-6-32(3)26(34)17-11-19(16(2)36-18-13-20(27)24(29)21(28)14-18)25-22(12-17)30-15-23(31-25)33-7-9-35-10-8-33/h11-16H,4-10H2,1-3H3. The summed E-state index contributed by atoms with van der Waals surface area (Å²) >= 11 is 0. The molecule has 2 aromatic carbocycles. The van der Waals surface area contributed by atoms with Crippen molar-refractivity contribution in [2.75, 3.05) is 44.8 Å². The van der Waals surface area contributed by atoms with Crippen LogP contribution in [0.1, 0.15) is 48.7 Å². The van der Waals surface area contributed by atoms with Crippen LogP contribution in [-0.4, -0.2) is 60.7 Å². The fraction of sp³-hybridized carbons (Fsp3) is 0.423. The zero-order valence-corrected chi connectivity index (χ0v) is 20.6. The Hall–Kier alpha value is -3.40. The number of unbranched alkanes of at least 4 members (excludes halogenated alkanes) is 1. The molecule has 7 nitrogen and oxygen atoms in total. The molecule has 0 radical (unpaired) electrons. The second-order valence-electron chi connectivity index (χ2n) is 8.80. The number of benzene rings is 2. The fourth-order valence-corrected chi connectivity index (χ4v) is 4.10. The first-order valence-electron chi connectivity index (χ1n) is 12.0. The summed E-state index contributed by atoms with van der Waals surface area (Å²) in [6, 6.07) is 4.93. The Bertz CT molecular complexity index is 1230. The van der Waals surface area contributed by atoms with Crippen molar-refractivity contribution in [2.24, 2.45) is 0 Å². The Labute approximate surface area is 207 Å². The van der Waals surface area contributed by atoms with Crippen LogP contribution in [0.25, 0.3) is 11.0 Å². The minimum atomic E-state index is -1.57. The summed E-state index contributed by atoms with van der Waals surface area (Å²) in [4.78, 5) is 26.2. The van der Waals surface area contributed by atoms with Gasteiger partial charge in [0.2, 0.25) is 0 Å². The van der Waals surface area contributed by atoms with E-state index >= 15 is 0 Å². The molecule has 1 atom stereocenters. The second-order valence-corrected chi connectivity index (χ2v) is 8.80. The quantitative estimate of drug-likeness (QED) is 0.409. The van der Waals surface area contributed by atoms with E-state index in [1.54, 1.807) is 37.2 Å². The van der Waals surface area contributed by atoms with Gasteiger partial charge in [-0.05, 0) is 25.5 Å². The van der Waals surface area contributed by atoms with Crippen LogP contribution in [0.3, 0.4) is 0 Å². The minimum absolute atomic E-state index is 0.180. The van der Waals surface area contributed by atoms with E-state index in [2.05, 4.69) is 4.98 Å². The number of fused-ring (bicyclic) bond motifs is 1. The third-order valence-electron chi connectivity index (χ3n) is 6.15. The number of hydrogen-bond donors (Lipinski definition) is 0. The molecule has 2 heterocycles. The highest BCUT2D eigenvalue weighted by atomic mass is 19.2. The van der Waals surface area contributed by atoms with E-state index in [1.165, 1.54) is 0 Å². The van der Waals surface area contributed by atoms with E-state index in [0.717, 1.165) is 25.0 Å². The SMILES string of the molecule is CCCCN(C)C(=O)c1cc(C(C)Oc2cc(F)c(F)c(F)c2)c2nc(N3CCOCC3)cnc2c1. The van der Waals surface area contributed by atoms with Crippen LogP contribution >= 0.6 is 0 Å². The number of anilines is 1. The number of rotatable bonds is 8. The normalized spacial score (nSPS) is 14.7. The topological polar surface area (TPSA) is 67.8 Å². The number of hydrogen-bond acceptors (Lipinski definition) is 6. The Morgan fingerprint density at radius 3 is 2.53 bits per heavy atom. The van der Waals surface area contributed by atoms with Crippen molar-refractivity contribution in [2.45, 2.75) is 32.8 Å². The lowest BCUT2D eigenvalue weighted by atomic mass is 10.0. The molecule has 1 unspecified atom stereocenters. The van der Waals surface area contributed by atoms with E-state index < -0.39 is 23.6 Å². The predicted octanol–water partition coefficient (Wildman–Crippen LogP) is 4.90. The highest BCUT2D eigenvalue weighted by molar-refractivity contribution is 5.98. The van der Waals surface area contributed by atoms with Gasteiger partial charge in [0.15, 0.2) is 17.5 Å². The van der Waals surface area contributed by atoms with Crippen molar-refractivity contribution in [1.29, 1.82) is 0 Å². The summed E-state index contributed by atoms with van der Waals surface area (Å²) in [6.07, 6.45) is 2.70. The molecule has 0 N–H and O–H groups in total. The van der Waals surface area contributed by atoms with Gasteiger partial charge in [-0.2, -0.15) is 0 Å². The average molecular weight is 503 g/mol. The second kappa shape index (κ2) is 11.1. The van der Waals surface area contributed by atoms with Gasteiger partial charge >= 0.3 is 0 Å². The van der Waals surface area contributed by atoms with Gasteiger partial charge in [0, 0.05) is 49.9 Å². The van der Waals surface area contributed by atoms with Crippen LogP contribution in [-0.2, 0) is 4.74 Å². The highest BCUT2D eigenvalue weighted by Gasteiger charge is 2.22. The van der Waals surface area contributed by atoms with Gasteiger partial charge < -0.3 is 19.3 Å². The molecule has 1 saturated heterocycles. The highest BCUT2D eigenvalue weighted by Crippen LogP contribution is 2.31. The number of nitrogens with zero attached hydrogens (tertiary/aromatic N) is 4. The van der Waals surface area contributed by atoms with Crippen molar-refractivity contribution in [1.82, 2.24) is 14.9 Å². The average Bonchev–Trinajstić information content (AvgIpc) is 2.89.